The fraction of sp³-hybridized carbons (Fsp3) is 0.375. The van der Waals surface area contributed by atoms with Crippen LogP contribution in [0.25, 0.3) is 0 Å². The number of pyridine rings is 1. The smallest absolute Gasteiger partial charge is 0.284 e. The quantitative estimate of drug-likeness (QED) is 0.738. The van der Waals surface area contributed by atoms with E-state index in [1.54, 1.807) is 0 Å². The number of methoxy groups -OCH3 is 1. The average Bonchev–Trinajstić information content (AvgIpc) is 2.16. The molecule has 1 heterocycles. The summed E-state index contributed by atoms with van der Waals surface area (Å²) in [5.74, 6) is -1.28. The molecular weight excluding hydrogens is 219 g/mol. The van der Waals surface area contributed by atoms with Gasteiger partial charge in [-0.2, -0.15) is 0 Å². The number of hydrogen-bond donors (Lipinski definition) is 0. The van der Waals surface area contributed by atoms with Gasteiger partial charge in [0.15, 0.2) is 0 Å². The maximum atomic E-state index is 13.0. The van der Waals surface area contributed by atoms with Crippen molar-refractivity contribution < 1.29 is 17.9 Å². The van der Waals surface area contributed by atoms with Crippen molar-refractivity contribution in [2.24, 2.45) is 0 Å². The van der Waals surface area contributed by atoms with Crippen LogP contribution in [0.15, 0.2) is 6.07 Å². The zero-order chi connectivity index (χ0) is 10.7. The maximum Gasteiger partial charge on any atom is 0.284 e. The van der Waals surface area contributed by atoms with Gasteiger partial charge in [0, 0.05) is 6.07 Å². The van der Waals surface area contributed by atoms with Crippen molar-refractivity contribution in [2.75, 3.05) is 7.11 Å². The second kappa shape index (κ2) is 4.50. The third-order valence-electron chi connectivity index (χ3n) is 1.59. The predicted molar refractivity (Wildman–Crippen MR) is 45.3 cm³/mol. The average molecular weight is 226 g/mol. The minimum atomic E-state index is -2.81. The monoisotopic (exact) mass is 225 g/mol. The first kappa shape index (κ1) is 11.1. The van der Waals surface area contributed by atoms with Crippen LogP contribution in [0.1, 0.15) is 17.8 Å². The van der Waals surface area contributed by atoms with Crippen LogP contribution in [0.3, 0.4) is 0 Å². The molecular formula is C8H7ClF3NO. The summed E-state index contributed by atoms with van der Waals surface area (Å²) in [7, 11) is 1.17. The van der Waals surface area contributed by atoms with Crippen LogP contribution in [0.5, 0.6) is 5.75 Å². The third-order valence-corrected chi connectivity index (χ3v) is 1.85. The first-order valence-corrected chi connectivity index (χ1v) is 4.21. The molecule has 2 nitrogen and oxygen atoms in total. The van der Waals surface area contributed by atoms with E-state index in [4.69, 9.17) is 11.6 Å². The lowest BCUT2D eigenvalue weighted by atomic mass is 10.3. The highest BCUT2D eigenvalue weighted by molar-refractivity contribution is 6.16. The molecule has 0 unspecified atom stereocenters. The van der Waals surface area contributed by atoms with Crippen LogP contribution in [-0.2, 0) is 5.88 Å². The van der Waals surface area contributed by atoms with Crippen LogP contribution in [-0.4, -0.2) is 12.1 Å². The Balaban J connectivity index is 3.25. The minimum Gasteiger partial charge on any atom is -0.495 e. The Morgan fingerprint density at radius 2 is 2.21 bits per heavy atom. The SMILES string of the molecule is COc1cc(F)c(CCl)nc1C(F)F. The maximum absolute atomic E-state index is 13.0. The third kappa shape index (κ3) is 2.09. The zero-order valence-electron chi connectivity index (χ0n) is 7.23. The highest BCUT2D eigenvalue weighted by Crippen LogP contribution is 2.28. The molecule has 1 aromatic heterocycles. The minimum absolute atomic E-state index is 0.206. The van der Waals surface area contributed by atoms with Gasteiger partial charge in [0.2, 0.25) is 0 Å². The normalized spacial score (nSPS) is 10.7. The lowest BCUT2D eigenvalue weighted by Gasteiger charge is -2.08. The van der Waals surface area contributed by atoms with Gasteiger partial charge in [-0.3, -0.25) is 0 Å². The molecule has 14 heavy (non-hydrogen) atoms. The summed E-state index contributed by atoms with van der Waals surface area (Å²) >= 11 is 5.32. The summed E-state index contributed by atoms with van der Waals surface area (Å²) in [5.41, 5.74) is -0.799. The fourth-order valence-electron chi connectivity index (χ4n) is 0.940. The summed E-state index contributed by atoms with van der Waals surface area (Å²) < 4.78 is 42.3. The summed E-state index contributed by atoms with van der Waals surface area (Å²) in [6.07, 6.45) is -2.81. The molecule has 6 heteroatoms. The molecule has 0 aromatic carbocycles. The summed E-state index contributed by atoms with van der Waals surface area (Å²) in [6.45, 7) is 0. The summed E-state index contributed by atoms with van der Waals surface area (Å²) in [5, 5.41) is 0. The molecule has 0 bridgehead atoms. The standard InChI is InChI=1S/C8H7ClF3NO/c1-14-6-2-4(10)5(3-9)13-7(6)8(11)12/h2,8H,3H2,1H3. The molecule has 1 aromatic rings. The molecule has 0 saturated heterocycles. The molecule has 0 fully saturated rings. The molecule has 0 amide bonds. The Hall–Kier alpha value is -0.970. The Morgan fingerprint density at radius 1 is 1.57 bits per heavy atom. The highest BCUT2D eigenvalue weighted by atomic mass is 35.5. The summed E-state index contributed by atoms with van der Waals surface area (Å²) in [6, 6.07) is 0.853. The Labute approximate surface area is 83.7 Å². The van der Waals surface area contributed by atoms with Gasteiger partial charge < -0.3 is 4.74 Å². The van der Waals surface area contributed by atoms with E-state index in [9.17, 15) is 13.2 Å². The number of hydrogen-bond acceptors (Lipinski definition) is 2. The van der Waals surface area contributed by atoms with Gasteiger partial charge in [0.05, 0.1) is 18.7 Å². The lowest BCUT2D eigenvalue weighted by Crippen LogP contribution is -2.02. The van der Waals surface area contributed by atoms with Crippen molar-refractivity contribution in [2.45, 2.75) is 12.3 Å². The Kier molecular flexibility index (Phi) is 3.57. The number of aromatic nitrogens is 1. The second-order valence-corrected chi connectivity index (χ2v) is 2.71. The molecule has 0 aliphatic rings. The first-order chi connectivity index (χ1) is 6.60. The van der Waals surface area contributed by atoms with Gasteiger partial charge in [-0.25, -0.2) is 18.2 Å². The number of alkyl halides is 3. The van der Waals surface area contributed by atoms with Gasteiger partial charge in [-0.05, 0) is 0 Å². The number of nitrogens with zero attached hydrogens (tertiary/aromatic N) is 1. The van der Waals surface area contributed by atoms with Crippen molar-refractivity contribution >= 4 is 11.6 Å². The van der Waals surface area contributed by atoms with Crippen LogP contribution in [0.2, 0.25) is 0 Å². The first-order valence-electron chi connectivity index (χ1n) is 3.67. The molecule has 0 atom stereocenters. The van der Waals surface area contributed by atoms with Gasteiger partial charge in [0.1, 0.15) is 17.3 Å². The Bertz CT molecular complexity index is 333. The van der Waals surface area contributed by atoms with Crippen molar-refractivity contribution in [3.05, 3.63) is 23.3 Å². The van der Waals surface area contributed by atoms with E-state index < -0.39 is 17.9 Å². The van der Waals surface area contributed by atoms with Crippen molar-refractivity contribution in [1.82, 2.24) is 4.98 Å². The van der Waals surface area contributed by atoms with Gasteiger partial charge in [0.25, 0.3) is 6.43 Å². The Morgan fingerprint density at radius 3 is 2.64 bits per heavy atom. The van der Waals surface area contributed by atoms with E-state index >= 15 is 0 Å². The molecule has 0 N–H and O–H groups in total. The van der Waals surface area contributed by atoms with E-state index in [-0.39, 0.29) is 17.3 Å². The van der Waals surface area contributed by atoms with Crippen LogP contribution in [0.4, 0.5) is 13.2 Å². The van der Waals surface area contributed by atoms with Gasteiger partial charge in [-0.1, -0.05) is 0 Å². The number of halogens is 4. The largest absolute Gasteiger partial charge is 0.495 e. The molecule has 0 saturated carbocycles. The van der Waals surface area contributed by atoms with E-state index in [1.165, 1.54) is 7.11 Å². The fourth-order valence-corrected chi connectivity index (χ4v) is 1.13. The molecule has 78 valence electrons. The molecule has 0 spiro atoms. The van der Waals surface area contributed by atoms with Crippen LogP contribution < -0.4 is 4.74 Å². The van der Waals surface area contributed by atoms with E-state index in [2.05, 4.69) is 9.72 Å². The number of ether oxygens (including phenoxy) is 1. The molecule has 0 aliphatic heterocycles. The summed E-state index contributed by atoms with van der Waals surface area (Å²) in [4.78, 5) is 3.38. The van der Waals surface area contributed by atoms with Crippen LogP contribution >= 0.6 is 11.6 Å². The van der Waals surface area contributed by atoms with E-state index in [0.29, 0.717) is 0 Å². The van der Waals surface area contributed by atoms with Gasteiger partial charge >= 0.3 is 0 Å². The topological polar surface area (TPSA) is 22.1 Å². The number of rotatable bonds is 3. The highest BCUT2D eigenvalue weighted by Gasteiger charge is 2.19. The zero-order valence-corrected chi connectivity index (χ0v) is 7.99. The van der Waals surface area contributed by atoms with E-state index in [0.717, 1.165) is 6.07 Å². The van der Waals surface area contributed by atoms with Crippen molar-refractivity contribution in [3.8, 4) is 5.75 Å². The second-order valence-electron chi connectivity index (χ2n) is 2.44. The van der Waals surface area contributed by atoms with Crippen molar-refractivity contribution in [3.63, 3.8) is 0 Å². The molecule has 1 rings (SSSR count). The van der Waals surface area contributed by atoms with E-state index in [1.807, 2.05) is 0 Å². The molecule has 0 radical (unpaired) electrons. The van der Waals surface area contributed by atoms with Gasteiger partial charge in [-0.15, -0.1) is 11.6 Å². The van der Waals surface area contributed by atoms with Crippen LogP contribution in [0, 0.1) is 5.82 Å². The van der Waals surface area contributed by atoms with Crippen molar-refractivity contribution in [1.29, 1.82) is 0 Å². The lowest BCUT2D eigenvalue weighted by molar-refractivity contribution is 0.141. The molecule has 0 aliphatic carbocycles. The predicted octanol–water partition coefficient (Wildman–Crippen LogP) is 2.91.